The molecule has 1 amide bonds. The molecule has 2 heterocycles. The van der Waals surface area contributed by atoms with Gasteiger partial charge in [0.1, 0.15) is 5.75 Å². The third-order valence-electron chi connectivity index (χ3n) is 4.30. The van der Waals surface area contributed by atoms with Crippen LogP contribution < -0.4 is 10.1 Å². The highest BCUT2D eigenvalue weighted by molar-refractivity contribution is 5.93. The molecule has 1 aliphatic heterocycles. The Morgan fingerprint density at radius 2 is 2.20 bits per heavy atom. The number of nitrogens with zero attached hydrogens (tertiary/aromatic N) is 3. The van der Waals surface area contributed by atoms with E-state index in [1.54, 1.807) is 11.8 Å². The summed E-state index contributed by atoms with van der Waals surface area (Å²) < 4.78 is 12.5. The van der Waals surface area contributed by atoms with E-state index in [1.165, 1.54) is 0 Å². The lowest BCUT2D eigenvalue weighted by Crippen LogP contribution is -2.32. The lowest BCUT2D eigenvalue weighted by Gasteiger charge is -2.11. The number of methoxy groups -OCH3 is 1. The van der Waals surface area contributed by atoms with Crippen molar-refractivity contribution in [3.8, 4) is 11.4 Å². The molecule has 0 bridgehead atoms. The number of aromatic nitrogens is 3. The fourth-order valence-corrected chi connectivity index (χ4v) is 2.97. The van der Waals surface area contributed by atoms with Gasteiger partial charge in [-0.1, -0.05) is 18.6 Å². The summed E-state index contributed by atoms with van der Waals surface area (Å²) in [7, 11) is 1.63. The number of hydrogen-bond acceptors (Lipinski definition) is 5. The van der Waals surface area contributed by atoms with E-state index >= 15 is 0 Å². The third kappa shape index (κ3) is 3.99. The van der Waals surface area contributed by atoms with Crippen LogP contribution in [0.3, 0.4) is 0 Å². The first-order valence-corrected chi connectivity index (χ1v) is 8.71. The average molecular weight is 344 g/mol. The first kappa shape index (κ1) is 17.4. The average Bonchev–Trinajstić information content (AvgIpc) is 3.30. The Balaban J connectivity index is 1.79. The van der Waals surface area contributed by atoms with Gasteiger partial charge in [0.05, 0.1) is 24.6 Å². The molecule has 0 unspecified atom stereocenters. The molecule has 0 saturated carbocycles. The van der Waals surface area contributed by atoms with Gasteiger partial charge < -0.3 is 14.8 Å². The molecule has 1 aromatic carbocycles. The molecule has 7 nitrogen and oxygen atoms in total. The summed E-state index contributed by atoms with van der Waals surface area (Å²) in [5.74, 6) is 0.578. The summed E-state index contributed by atoms with van der Waals surface area (Å²) in [6, 6.07) is 7.54. The largest absolute Gasteiger partial charge is 0.497 e. The van der Waals surface area contributed by atoms with E-state index in [1.807, 2.05) is 24.3 Å². The van der Waals surface area contributed by atoms with E-state index in [2.05, 4.69) is 22.6 Å². The molecule has 3 rings (SSSR count). The smallest absolute Gasteiger partial charge is 0.273 e. The molecule has 134 valence electrons. The third-order valence-corrected chi connectivity index (χ3v) is 4.30. The van der Waals surface area contributed by atoms with Crippen LogP contribution in [0.4, 0.5) is 0 Å². The van der Waals surface area contributed by atoms with Crippen molar-refractivity contribution in [2.75, 3.05) is 20.3 Å². The second-order valence-corrected chi connectivity index (χ2v) is 6.09. The van der Waals surface area contributed by atoms with E-state index in [0.29, 0.717) is 12.2 Å². The Hall–Kier alpha value is -2.41. The highest BCUT2D eigenvalue weighted by Gasteiger charge is 2.22. The maximum Gasteiger partial charge on any atom is 0.273 e. The van der Waals surface area contributed by atoms with Crippen molar-refractivity contribution in [1.82, 2.24) is 20.3 Å². The second-order valence-electron chi connectivity index (χ2n) is 6.09. The first-order chi connectivity index (χ1) is 12.2. The van der Waals surface area contributed by atoms with Gasteiger partial charge in [0.25, 0.3) is 5.91 Å². The summed E-state index contributed by atoms with van der Waals surface area (Å²) >= 11 is 0. The van der Waals surface area contributed by atoms with E-state index < -0.39 is 0 Å². The summed E-state index contributed by atoms with van der Waals surface area (Å²) in [5, 5.41) is 11.2. The predicted molar refractivity (Wildman–Crippen MR) is 93.2 cm³/mol. The lowest BCUT2D eigenvalue weighted by molar-refractivity contribution is 0.0853. The van der Waals surface area contributed by atoms with Crippen molar-refractivity contribution >= 4 is 5.91 Å². The van der Waals surface area contributed by atoms with E-state index in [0.717, 1.165) is 49.4 Å². The Labute approximate surface area is 147 Å². The zero-order valence-electron chi connectivity index (χ0n) is 14.7. The van der Waals surface area contributed by atoms with Crippen LogP contribution in [0.1, 0.15) is 42.4 Å². The fraction of sp³-hybridized carbons (Fsp3) is 0.500. The molecule has 0 radical (unpaired) electrons. The van der Waals surface area contributed by atoms with E-state index in [9.17, 15) is 4.79 Å². The molecule has 0 spiro atoms. The molecular formula is C18H24N4O3. The van der Waals surface area contributed by atoms with Crippen LogP contribution in [0.15, 0.2) is 24.3 Å². The van der Waals surface area contributed by atoms with Gasteiger partial charge in [-0.2, -0.15) is 0 Å². The number of ether oxygens (including phenoxy) is 2. The van der Waals surface area contributed by atoms with Crippen LogP contribution in [0.5, 0.6) is 5.75 Å². The van der Waals surface area contributed by atoms with Crippen molar-refractivity contribution in [2.45, 2.75) is 38.7 Å². The Morgan fingerprint density at radius 3 is 2.84 bits per heavy atom. The molecule has 1 saturated heterocycles. The monoisotopic (exact) mass is 344 g/mol. The summed E-state index contributed by atoms with van der Waals surface area (Å²) in [5.41, 5.74) is 2.06. The number of amides is 1. The molecule has 1 aliphatic rings. The van der Waals surface area contributed by atoms with E-state index in [4.69, 9.17) is 9.47 Å². The van der Waals surface area contributed by atoms with Gasteiger partial charge in [-0.3, -0.25) is 4.79 Å². The van der Waals surface area contributed by atoms with Crippen LogP contribution in [0, 0.1) is 0 Å². The molecule has 1 fully saturated rings. The molecule has 0 aliphatic carbocycles. The number of rotatable bonds is 7. The Morgan fingerprint density at radius 1 is 1.40 bits per heavy atom. The normalized spacial score (nSPS) is 16.8. The van der Waals surface area contributed by atoms with Crippen molar-refractivity contribution < 1.29 is 14.3 Å². The van der Waals surface area contributed by atoms with Gasteiger partial charge in [0.15, 0.2) is 5.69 Å². The van der Waals surface area contributed by atoms with Crippen molar-refractivity contribution in [1.29, 1.82) is 0 Å². The predicted octanol–water partition coefficient (Wildman–Crippen LogP) is 2.14. The van der Waals surface area contributed by atoms with Gasteiger partial charge in [-0.15, -0.1) is 5.10 Å². The van der Waals surface area contributed by atoms with Crippen LogP contribution in [-0.4, -0.2) is 47.3 Å². The standard InChI is InChI=1S/C18H24N4O3/c1-3-5-16-17(18(23)19-12-15-6-4-11-25-15)20-21-22(16)13-7-9-14(24-2)10-8-13/h7-10,15H,3-6,11-12H2,1-2H3,(H,19,23)/t15-/m0/s1. The number of carbonyl (C=O) groups is 1. The molecule has 7 heteroatoms. The van der Waals surface area contributed by atoms with Gasteiger partial charge in [0, 0.05) is 13.2 Å². The van der Waals surface area contributed by atoms with Crippen LogP contribution in [0.25, 0.3) is 5.69 Å². The number of benzene rings is 1. The van der Waals surface area contributed by atoms with Crippen LogP contribution >= 0.6 is 0 Å². The van der Waals surface area contributed by atoms with Crippen LogP contribution in [0.2, 0.25) is 0 Å². The minimum atomic E-state index is -0.196. The topological polar surface area (TPSA) is 78.3 Å². The highest BCUT2D eigenvalue weighted by Crippen LogP contribution is 2.18. The molecule has 2 aromatic rings. The molecule has 25 heavy (non-hydrogen) atoms. The Bertz CT molecular complexity index is 706. The minimum Gasteiger partial charge on any atom is -0.497 e. The van der Waals surface area contributed by atoms with Gasteiger partial charge in [0.2, 0.25) is 0 Å². The highest BCUT2D eigenvalue weighted by atomic mass is 16.5. The van der Waals surface area contributed by atoms with Crippen LogP contribution in [-0.2, 0) is 11.2 Å². The number of hydrogen-bond donors (Lipinski definition) is 1. The van der Waals surface area contributed by atoms with E-state index in [-0.39, 0.29) is 12.0 Å². The molecule has 1 atom stereocenters. The maximum absolute atomic E-state index is 12.5. The summed E-state index contributed by atoms with van der Waals surface area (Å²) in [6.45, 7) is 3.36. The first-order valence-electron chi connectivity index (χ1n) is 8.71. The number of nitrogens with one attached hydrogen (secondary N) is 1. The van der Waals surface area contributed by atoms with Gasteiger partial charge in [-0.25, -0.2) is 4.68 Å². The lowest BCUT2D eigenvalue weighted by atomic mass is 10.2. The van der Waals surface area contributed by atoms with Gasteiger partial charge in [-0.05, 0) is 43.5 Å². The summed E-state index contributed by atoms with van der Waals surface area (Å²) in [6.07, 6.45) is 3.77. The molecule has 1 N–H and O–H groups in total. The summed E-state index contributed by atoms with van der Waals surface area (Å²) in [4.78, 5) is 12.5. The second kappa shape index (κ2) is 8.11. The Kier molecular flexibility index (Phi) is 5.65. The molecule has 1 aromatic heterocycles. The SMILES string of the molecule is CCCc1c(C(=O)NC[C@@H]2CCCO2)nnn1-c1ccc(OC)cc1. The zero-order valence-corrected chi connectivity index (χ0v) is 14.7. The van der Waals surface area contributed by atoms with Crippen molar-refractivity contribution in [3.63, 3.8) is 0 Å². The minimum absolute atomic E-state index is 0.107. The fourth-order valence-electron chi connectivity index (χ4n) is 2.97. The molecular weight excluding hydrogens is 320 g/mol. The zero-order chi connectivity index (χ0) is 17.6. The van der Waals surface area contributed by atoms with Crippen molar-refractivity contribution in [3.05, 3.63) is 35.7 Å². The quantitative estimate of drug-likeness (QED) is 0.832. The maximum atomic E-state index is 12.5. The van der Waals surface area contributed by atoms with Crippen molar-refractivity contribution in [2.24, 2.45) is 0 Å². The number of carbonyl (C=O) groups excluding carboxylic acids is 1. The van der Waals surface area contributed by atoms with Gasteiger partial charge >= 0.3 is 0 Å².